The molecule has 1 aliphatic carbocycles. The number of carbonyl (C=O) groups is 2. The summed E-state index contributed by atoms with van der Waals surface area (Å²) in [6.45, 7) is 2.97. The molecule has 1 unspecified atom stereocenters. The molecule has 2 amide bonds. The molecule has 3 heterocycles. The largest absolute Gasteiger partial charge is 0.364 e. The molecule has 0 spiro atoms. The zero-order valence-electron chi connectivity index (χ0n) is 14.9. The van der Waals surface area contributed by atoms with Crippen LogP contribution in [0.15, 0.2) is 24.5 Å². The third-order valence-electron chi connectivity index (χ3n) is 5.03. The average molecular weight is 353 g/mol. The highest BCUT2D eigenvalue weighted by molar-refractivity contribution is 5.98. The number of aromatic nitrogens is 3. The van der Waals surface area contributed by atoms with Crippen LogP contribution in [0.4, 0.5) is 0 Å². The lowest BCUT2D eigenvalue weighted by Crippen LogP contribution is -2.52. The molecule has 2 aliphatic rings. The molecule has 1 saturated carbocycles. The smallest absolute Gasteiger partial charge is 0.253 e. The minimum atomic E-state index is -0.471. The maximum Gasteiger partial charge on any atom is 0.253 e. The van der Waals surface area contributed by atoms with Crippen LogP contribution < -0.4 is 5.32 Å². The molecule has 2 N–H and O–H groups in total. The van der Waals surface area contributed by atoms with Gasteiger partial charge >= 0.3 is 0 Å². The highest BCUT2D eigenvalue weighted by Crippen LogP contribution is 2.40. The van der Waals surface area contributed by atoms with Crippen LogP contribution in [0.5, 0.6) is 0 Å². The summed E-state index contributed by atoms with van der Waals surface area (Å²) in [6.07, 6.45) is 7.28. The predicted molar refractivity (Wildman–Crippen MR) is 95.4 cm³/mol. The van der Waals surface area contributed by atoms with Gasteiger partial charge in [0.25, 0.3) is 5.91 Å². The Balaban J connectivity index is 1.42. The first-order chi connectivity index (χ1) is 12.6. The van der Waals surface area contributed by atoms with Crippen molar-refractivity contribution in [1.29, 1.82) is 0 Å². The number of hydrogen-bond donors (Lipinski definition) is 2. The van der Waals surface area contributed by atoms with Crippen molar-refractivity contribution in [1.82, 2.24) is 25.2 Å². The van der Waals surface area contributed by atoms with Crippen molar-refractivity contribution in [3.05, 3.63) is 47.3 Å². The van der Waals surface area contributed by atoms with Gasteiger partial charge in [-0.1, -0.05) is 0 Å². The van der Waals surface area contributed by atoms with Gasteiger partial charge in [0.15, 0.2) is 0 Å². The molecule has 2 fully saturated rings. The molecule has 1 aliphatic heterocycles. The molecule has 1 atom stereocenters. The fourth-order valence-corrected chi connectivity index (χ4v) is 3.55. The summed E-state index contributed by atoms with van der Waals surface area (Å²) >= 11 is 0. The highest BCUT2D eigenvalue weighted by Gasteiger charge is 2.33. The van der Waals surface area contributed by atoms with Crippen molar-refractivity contribution in [2.75, 3.05) is 6.54 Å². The molecular weight excluding hydrogens is 330 g/mol. The first kappa shape index (κ1) is 16.8. The summed E-state index contributed by atoms with van der Waals surface area (Å²) in [4.78, 5) is 38.9. The number of nitrogens with zero attached hydrogens (tertiary/aromatic N) is 3. The Bertz CT molecular complexity index is 827. The number of aryl methyl sites for hydroxylation is 1. The summed E-state index contributed by atoms with van der Waals surface area (Å²) in [5, 5.41) is 2.94. The number of amides is 2. The number of aromatic amines is 1. The fourth-order valence-electron chi connectivity index (χ4n) is 3.55. The van der Waals surface area contributed by atoms with Gasteiger partial charge in [-0.2, -0.15) is 0 Å². The number of rotatable bonds is 5. The van der Waals surface area contributed by atoms with Gasteiger partial charge in [0.05, 0.1) is 17.8 Å². The van der Waals surface area contributed by atoms with Crippen LogP contribution in [0.3, 0.4) is 0 Å². The molecule has 26 heavy (non-hydrogen) atoms. The number of likely N-dealkylation sites (tertiary alicyclic amines) is 1. The SMILES string of the molecule is Cc1nccc(CN2CCCC(NC(=O)c3cc[nH]c3C3CC3)C2=O)n1. The van der Waals surface area contributed by atoms with Gasteiger partial charge in [-0.15, -0.1) is 0 Å². The van der Waals surface area contributed by atoms with Crippen molar-refractivity contribution in [2.45, 2.75) is 51.1 Å². The minimum absolute atomic E-state index is 0.0376. The maximum absolute atomic E-state index is 12.8. The average Bonchev–Trinajstić information content (AvgIpc) is 3.35. The Morgan fingerprint density at radius 1 is 1.35 bits per heavy atom. The van der Waals surface area contributed by atoms with Crippen LogP contribution in [0, 0.1) is 6.92 Å². The van der Waals surface area contributed by atoms with Crippen LogP contribution in [0.2, 0.25) is 0 Å². The lowest BCUT2D eigenvalue weighted by Gasteiger charge is -2.32. The molecule has 0 aromatic carbocycles. The third kappa shape index (κ3) is 3.47. The zero-order chi connectivity index (χ0) is 18.1. The van der Waals surface area contributed by atoms with E-state index in [1.807, 2.05) is 13.0 Å². The van der Waals surface area contributed by atoms with E-state index in [2.05, 4.69) is 20.3 Å². The Hall–Kier alpha value is -2.70. The predicted octanol–water partition coefficient (Wildman–Crippen LogP) is 1.91. The second kappa shape index (κ2) is 6.90. The normalized spacial score (nSPS) is 20.3. The molecule has 7 nitrogen and oxygen atoms in total. The van der Waals surface area contributed by atoms with Gasteiger partial charge in [-0.05, 0) is 50.7 Å². The van der Waals surface area contributed by atoms with Crippen molar-refractivity contribution < 1.29 is 9.59 Å². The van der Waals surface area contributed by atoms with E-state index in [1.165, 1.54) is 0 Å². The van der Waals surface area contributed by atoms with E-state index in [0.717, 1.165) is 30.7 Å². The molecule has 7 heteroatoms. The lowest BCUT2D eigenvalue weighted by atomic mass is 10.0. The van der Waals surface area contributed by atoms with E-state index >= 15 is 0 Å². The van der Waals surface area contributed by atoms with E-state index in [1.54, 1.807) is 23.4 Å². The standard InChI is InChI=1S/C19H23N5O2/c1-12-20-8-6-14(22-12)11-24-10-2-3-16(19(24)26)23-18(25)15-7-9-21-17(15)13-4-5-13/h6-9,13,16,21H,2-5,10-11H2,1H3,(H,23,25). The first-order valence-electron chi connectivity index (χ1n) is 9.17. The topological polar surface area (TPSA) is 91.0 Å². The molecule has 136 valence electrons. The monoisotopic (exact) mass is 353 g/mol. The molecule has 2 aromatic heterocycles. The Morgan fingerprint density at radius 3 is 2.96 bits per heavy atom. The van der Waals surface area contributed by atoms with E-state index in [-0.39, 0.29) is 11.8 Å². The van der Waals surface area contributed by atoms with Crippen molar-refractivity contribution in [3.63, 3.8) is 0 Å². The summed E-state index contributed by atoms with van der Waals surface area (Å²) in [5.41, 5.74) is 2.49. The van der Waals surface area contributed by atoms with Crippen LogP contribution in [0.25, 0.3) is 0 Å². The Labute approximate surface area is 152 Å². The lowest BCUT2D eigenvalue weighted by molar-refractivity contribution is -0.136. The molecule has 4 rings (SSSR count). The van der Waals surface area contributed by atoms with Gasteiger partial charge in [0, 0.05) is 24.6 Å². The van der Waals surface area contributed by atoms with E-state index < -0.39 is 6.04 Å². The van der Waals surface area contributed by atoms with Gasteiger partial charge < -0.3 is 15.2 Å². The van der Waals surface area contributed by atoms with Gasteiger partial charge in [0.2, 0.25) is 5.91 Å². The summed E-state index contributed by atoms with van der Waals surface area (Å²) < 4.78 is 0. The maximum atomic E-state index is 12.8. The number of H-pyrrole nitrogens is 1. The molecule has 0 bridgehead atoms. The van der Waals surface area contributed by atoms with E-state index in [0.29, 0.717) is 36.8 Å². The third-order valence-corrected chi connectivity index (χ3v) is 5.03. The summed E-state index contributed by atoms with van der Waals surface area (Å²) in [5.74, 6) is 0.956. The first-order valence-corrected chi connectivity index (χ1v) is 9.17. The van der Waals surface area contributed by atoms with Crippen molar-refractivity contribution >= 4 is 11.8 Å². The second-order valence-corrected chi connectivity index (χ2v) is 7.10. The Kier molecular flexibility index (Phi) is 4.44. The van der Waals surface area contributed by atoms with Gasteiger partial charge in [0.1, 0.15) is 11.9 Å². The van der Waals surface area contributed by atoms with Crippen molar-refractivity contribution in [2.24, 2.45) is 0 Å². The quantitative estimate of drug-likeness (QED) is 0.859. The fraction of sp³-hybridized carbons (Fsp3) is 0.474. The number of nitrogens with one attached hydrogen (secondary N) is 2. The van der Waals surface area contributed by atoms with E-state index in [9.17, 15) is 9.59 Å². The molecule has 2 aromatic rings. The zero-order valence-corrected chi connectivity index (χ0v) is 14.9. The summed E-state index contributed by atoms with van der Waals surface area (Å²) in [6, 6.07) is 3.16. The second-order valence-electron chi connectivity index (χ2n) is 7.10. The Morgan fingerprint density at radius 2 is 2.19 bits per heavy atom. The van der Waals surface area contributed by atoms with Gasteiger partial charge in [-0.3, -0.25) is 9.59 Å². The minimum Gasteiger partial charge on any atom is -0.364 e. The van der Waals surface area contributed by atoms with Crippen LogP contribution >= 0.6 is 0 Å². The van der Waals surface area contributed by atoms with Crippen LogP contribution in [-0.2, 0) is 11.3 Å². The molecule has 0 radical (unpaired) electrons. The highest BCUT2D eigenvalue weighted by atomic mass is 16.2. The van der Waals surface area contributed by atoms with E-state index in [4.69, 9.17) is 0 Å². The van der Waals surface area contributed by atoms with Crippen LogP contribution in [0.1, 0.15) is 59.2 Å². The van der Waals surface area contributed by atoms with Crippen LogP contribution in [-0.4, -0.2) is 44.3 Å². The number of hydrogen-bond acceptors (Lipinski definition) is 4. The summed E-state index contributed by atoms with van der Waals surface area (Å²) in [7, 11) is 0. The number of carbonyl (C=O) groups excluding carboxylic acids is 2. The molecule has 1 saturated heterocycles. The van der Waals surface area contributed by atoms with Gasteiger partial charge in [-0.25, -0.2) is 9.97 Å². The molecular formula is C19H23N5O2. The number of piperidine rings is 1. The van der Waals surface area contributed by atoms with Crippen molar-refractivity contribution in [3.8, 4) is 0 Å².